The molecule has 0 unspecified atom stereocenters. The van der Waals surface area contributed by atoms with Gasteiger partial charge < -0.3 is 20.1 Å². The van der Waals surface area contributed by atoms with E-state index in [1.54, 1.807) is 25.4 Å². The molecule has 1 fully saturated rings. The second-order valence-corrected chi connectivity index (χ2v) is 7.69. The molecule has 0 saturated carbocycles. The fraction of sp³-hybridized carbons (Fsp3) is 0.381. The van der Waals surface area contributed by atoms with Gasteiger partial charge in [-0.2, -0.15) is 0 Å². The third-order valence-corrected chi connectivity index (χ3v) is 5.77. The van der Waals surface area contributed by atoms with Crippen molar-refractivity contribution in [3.05, 3.63) is 54.1 Å². The summed E-state index contributed by atoms with van der Waals surface area (Å²) in [7, 11) is 0. The Morgan fingerprint density at radius 3 is 2.74 bits per heavy atom. The van der Waals surface area contributed by atoms with E-state index in [1.807, 2.05) is 12.3 Å². The number of halogens is 1. The number of rotatable bonds is 4. The van der Waals surface area contributed by atoms with Crippen LogP contribution in [0.3, 0.4) is 0 Å². The smallest absolute Gasteiger partial charge is 0.870 e. The summed E-state index contributed by atoms with van der Waals surface area (Å²) in [6.45, 7) is 3.93. The number of nitrogens with zero attached hydrogens (tertiary/aromatic N) is 5. The molecule has 4 aromatic heterocycles. The number of aromatic nitrogens is 5. The van der Waals surface area contributed by atoms with Crippen molar-refractivity contribution in [1.29, 1.82) is 0 Å². The van der Waals surface area contributed by atoms with E-state index < -0.39 is 6.10 Å². The molecule has 1 aliphatic rings. The van der Waals surface area contributed by atoms with Crippen molar-refractivity contribution >= 4 is 22.1 Å². The van der Waals surface area contributed by atoms with E-state index in [-0.39, 0.29) is 46.9 Å². The van der Waals surface area contributed by atoms with Gasteiger partial charge in [-0.25, -0.2) is 14.4 Å². The van der Waals surface area contributed by atoms with Crippen LogP contribution in [0.15, 0.2) is 36.8 Å². The van der Waals surface area contributed by atoms with Crippen LogP contribution in [0, 0.1) is 5.82 Å². The molecular formula is C21H24FN6NaO2. The molecule has 31 heavy (non-hydrogen) atoms. The SMILES string of the molecule is C[C@@H](O)c1nc2cnc3[nH]ccc3c2n1C1CCN(Cc2ncccc2F)CC1.[Na+].[OH-]. The van der Waals surface area contributed by atoms with Crippen LogP contribution in [0.1, 0.15) is 43.4 Å². The first-order chi connectivity index (χ1) is 14.1. The monoisotopic (exact) mass is 434 g/mol. The number of nitrogens with one attached hydrogen (secondary N) is 1. The van der Waals surface area contributed by atoms with Gasteiger partial charge in [-0.3, -0.25) is 9.88 Å². The van der Waals surface area contributed by atoms with Gasteiger partial charge in [0.1, 0.15) is 28.9 Å². The van der Waals surface area contributed by atoms with Crippen molar-refractivity contribution in [2.45, 2.75) is 38.5 Å². The Bertz CT molecular complexity index is 1170. The molecule has 0 radical (unpaired) electrons. The van der Waals surface area contributed by atoms with E-state index in [1.165, 1.54) is 6.07 Å². The minimum Gasteiger partial charge on any atom is -0.870 e. The Balaban J connectivity index is 0.00000136. The summed E-state index contributed by atoms with van der Waals surface area (Å²) in [5.41, 5.74) is 3.12. The first kappa shape index (κ1) is 23.8. The minimum atomic E-state index is -0.669. The summed E-state index contributed by atoms with van der Waals surface area (Å²) in [5.74, 6) is 0.415. The van der Waals surface area contributed by atoms with Crippen molar-refractivity contribution < 1.29 is 44.5 Å². The van der Waals surface area contributed by atoms with Crippen LogP contribution < -0.4 is 29.6 Å². The van der Waals surface area contributed by atoms with E-state index in [2.05, 4.69) is 29.4 Å². The predicted molar refractivity (Wildman–Crippen MR) is 110 cm³/mol. The maximum atomic E-state index is 13.9. The number of aliphatic hydroxyl groups is 1. The molecule has 5 heterocycles. The van der Waals surface area contributed by atoms with Crippen molar-refractivity contribution in [2.75, 3.05) is 13.1 Å². The molecule has 8 nitrogen and oxygen atoms in total. The standard InChI is InChI=1S/C21H23FN6O.Na.H2O/c1-13(29)21-26-17-11-25-20-15(4-8-24-20)19(17)28(21)14-5-9-27(10-6-14)12-18-16(22)3-2-7-23-18;;/h2-4,7-8,11,13-14,29H,5-6,9-10,12H2,1H3,(H,24,25);;1H2/q;+1;/p-1/t13-;;/m1../s1. The molecule has 1 saturated heterocycles. The summed E-state index contributed by atoms with van der Waals surface area (Å²) in [6.07, 6.45) is 6.39. The molecule has 3 N–H and O–H groups in total. The van der Waals surface area contributed by atoms with Gasteiger partial charge in [0.15, 0.2) is 0 Å². The van der Waals surface area contributed by atoms with E-state index in [0.717, 1.165) is 48.0 Å². The summed E-state index contributed by atoms with van der Waals surface area (Å²) < 4.78 is 16.1. The molecule has 0 bridgehead atoms. The number of hydrogen-bond acceptors (Lipinski definition) is 6. The molecule has 0 aromatic carbocycles. The van der Waals surface area contributed by atoms with Gasteiger partial charge in [-0.05, 0) is 38.0 Å². The normalized spacial score (nSPS) is 16.2. The number of hydrogen-bond donors (Lipinski definition) is 2. The Morgan fingerprint density at radius 1 is 1.26 bits per heavy atom. The van der Waals surface area contributed by atoms with Crippen LogP contribution in [0.25, 0.3) is 22.1 Å². The van der Waals surface area contributed by atoms with Crippen molar-refractivity contribution in [3.8, 4) is 0 Å². The minimum absolute atomic E-state index is 0. The van der Waals surface area contributed by atoms with Gasteiger partial charge in [0.25, 0.3) is 0 Å². The van der Waals surface area contributed by atoms with Gasteiger partial charge in [0, 0.05) is 43.5 Å². The molecule has 5 rings (SSSR count). The van der Waals surface area contributed by atoms with Gasteiger partial charge in [-0.1, -0.05) is 0 Å². The Labute approximate surface area is 201 Å². The Hall–Kier alpha value is -1.88. The largest absolute Gasteiger partial charge is 1.00 e. The van der Waals surface area contributed by atoms with Gasteiger partial charge >= 0.3 is 29.6 Å². The molecule has 0 spiro atoms. The topological polar surface area (TPSA) is 113 Å². The van der Waals surface area contributed by atoms with E-state index in [4.69, 9.17) is 0 Å². The summed E-state index contributed by atoms with van der Waals surface area (Å²) in [4.78, 5) is 18.7. The number of H-pyrrole nitrogens is 1. The number of pyridine rings is 2. The maximum Gasteiger partial charge on any atom is 1.00 e. The summed E-state index contributed by atoms with van der Waals surface area (Å²) in [5, 5.41) is 11.4. The fourth-order valence-electron chi connectivity index (χ4n) is 4.36. The van der Waals surface area contributed by atoms with Gasteiger partial charge in [0.05, 0.1) is 17.4 Å². The number of piperidine rings is 1. The first-order valence-electron chi connectivity index (χ1n) is 9.95. The molecule has 10 heteroatoms. The Kier molecular flexibility index (Phi) is 7.46. The molecule has 4 aromatic rings. The third-order valence-electron chi connectivity index (χ3n) is 5.77. The van der Waals surface area contributed by atoms with Crippen LogP contribution in [-0.4, -0.2) is 53.1 Å². The molecule has 1 atom stereocenters. The third kappa shape index (κ3) is 4.39. The van der Waals surface area contributed by atoms with E-state index >= 15 is 0 Å². The van der Waals surface area contributed by atoms with E-state index in [9.17, 15) is 9.50 Å². The zero-order valence-corrected chi connectivity index (χ0v) is 19.7. The predicted octanol–water partition coefficient (Wildman–Crippen LogP) is 0.164. The van der Waals surface area contributed by atoms with Crippen molar-refractivity contribution in [1.82, 2.24) is 29.4 Å². The maximum absolute atomic E-state index is 13.9. The molecular weight excluding hydrogens is 410 g/mol. The first-order valence-corrected chi connectivity index (χ1v) is 9.95. The van der Waals surface area contributed by atoms with Gasteiger partial charge in [0.2, 0.25) is 0 Å². The van der Waals surface area contributed by atoms with Crippen LogP contribution in [0.5, 0.6) is 0 Å². The van der Waals surface area contributed by atoms with Crippen molar-refractivity contribution in [2.24, 2.45) is 0 Å². The van der Waals surface area contributed by atoms with E-state index in [0.29, 0.717) is 18.1 Å². The number of aromatic amines is 1. The number of imidazole rings is 1. The molecule has 0 aliphatic carbocycles. The number of likely N-dealkylation sites (tertiary alicyclic amines) is 1. The van der Waals surface area contributed by atoms with Crippen LogP contribution in [0.4, 0.5) is 4.39 Å². The average Bonchev–Trinajstić information content (AvgIpc) is 3.34. The number of fused-ring (bicyclic) bond motifs is 3. The van der Waals surface area contributed by atoms with Crippen molar-refractivity contribution in [3.63, 3.8) is 0 Å². The zero-order chi connectivity index (χ0) is 20.0. The summed E-state index contributed by atoms with van der Waals surface area (Å²) >= 11 is 0. The summed E-state index contributed by atoms with van der Waals surface area (Å²) in [6, 6.07) is 5.30. The van der Waals surface area contributed by atoms with Gasteiger partial charge in [-0.15, -0.1) is 0 Å². The molecule has 1 aliphatic heterocycles. The zero-order valence-electron chi connectivity index (χ0n) is 17.7. The molecule has 0 amide bonds. The average molecular weight is 434 g/mol. The molecule has 158 valence electrons. The van der Waals surface area contributed by atoms with Crippen LogP contribution in [-0.2, 0) is 6.54 Å². The Morgan fingerprint density at radius 2 is 2.03 bits per heavy atom. The number of aliphatic hydroxyl groups excluding tert-OH is 1. The second kappa shape index (κ2) is 9.72. The fourth-order valence-corrected chi connectivity index (χ4v) is 4.36. The van der Waals surface area contributed by atoms with Crippen LogP contribution >= 0.6 is 0 Å². The quantitative estimate of drug-likeness (QED) is 0.443. The second-order valence-electron chi connectivity index (χ2n) is 7.69. The van der Waals surface area contributed by atoms with Crippen LogP contribution in [0.2, 0.25) is 0 Å².